The maximum atomic E-state index is 11.3. The molecule has 148 valence electrons. The number of hydrogen-bond donors (Lipinski definition) is 1. The SMILES string of the molecule is O=[N+]([O-])c1cccc(-c2nc(-c3ccc(Br)c([N+](=O)[O-])c3)[nH]c2-c2ccccc2)c1. The molecule has 0 saturated heterocycles. The van der Waals surface area contributed by atoms with Crippen molar-refractivity contribution in [2.75, 3.05) is 0 Å². The number of nitro benzene ring substituents is 2. The minimum Gasteiger partial charge on any atom is -0.337 e. The van der Waals surface area contributed by atoms with Crippen LogP contribution in [-0.2, 0) is 0 Å². The van der Waals surface area contributed by atoms with E-state index in [0.717, 1.165) is 5.56 Å². The zero-order chi connectivity index (χ0) is 21.3. The molecule has 0 aliphatic heterocycles. The van der Waals surface area contributed by atoms with Crippen molar-refractivity contribution < 1.29 is 9.85 Å². The van der Waals surface area contributed by atoms with E-state index >= 15 is 0 Å². The van der Waals surface area contributed by atoms with Crippen LogP contribution in [0.3, 0.4) is 0 Å². The van der Waals surface area contributed by atoms with Crippen LogP contribution in [0.1, 0.15) is 0 Å². The second-order valence-corrected chi connectivity index (χ2v) is 7.26. The summed E-state index contributed by atoms with van der Waals surface area (Å²) in [6.07, 6.45) is 0. The minimum atomic E-state index is -0.476. The predicted octanol–water partition coefficient (Wildman–Crippen LogP) is 5.99. The third-order valence-corrected chi connectivity index (χ3v) is 5.18. The van der Waals surface area contributed by atoms with Crippen molar-refractivity contribution in [3.63, 3.8) is 0 Å². The Morgan fingerprint density at radius 2 is 1.53 bits per heavy atom. The molecule has 4 rings (SSSR count). The molecule has 3 aromatic carbocycles. The summed E-state index contributed by atoms with van der Waals surface area (Å²) < 4.78 is 0.366. The zero-order valence-electron chi connectivity index (χ0n) is 15.3. The normalized spacial score (nSPS) is 10.7. The highest BCUT2D eigenvalue weighted by atomic mass is 79.9. The van der Waals surface area contributed by atoms with Gasteiger partial charge in [-0.05, 0) is 28.1 Å². The lowest BCUT2D eigenvalue weighted by atomic mass is 10.0. The molecule has 4 aromatic rings. The first-order valence-electron chi connectivity index (χ1n) is 8.78. The number of halogens is 1. The summed E-state index contributed by atoms with van der Waals surface area (Å²) in [5.74, 6) is 0.422. The molecule has 8 nitrogen and oxygen atoms in total. The molecule has 0 radical (unpaired) electrons. The van der Waals surface area contributed by atoms with Gasteiger partial charge in [-0.3, -0.25) is 20.2 Å². The van der Waals surface area contributed by atoms with Gasteiger partial charge in [-0.1, -0.05) is 42.5 Å². The quantitative estimate of drug-likeness (QED) is 0.287. The monoisotopic (exact) mass is 464 g/mol. The molecule has 9 heteroatoms. The molecule has 0 aliphatic carbocycles. The number of nitrogens with zero attached hydrogens (tertiary/aromatic N) is 3. The number of rotatable bonds is 5. The highest BCUT2D eigenvalue weighted by molar-refractivity contribution is 9.10. The van der Waals surface area contributed by atoms with E-state index in [0.29, 0.717) is 32.8 Å². The topological polar surface area (TPSA) is 115 Å². The van der Waals surface area contributed by atoms with Gasteiger partial charge >= 0.3 is 0 Å². The van der Waals surface area contributed by atoms with Crippen LogP contribution in [0.15, 0.2) is 77.3 Å². The van der Waals surface area contributed by atoms with Gasteiger partial charge in [0, 0.05) is 34.9 Å². The maximum absolute atomic E-state index is 11.3. The van der Waals surface area contributed by atoms with Crippen LogP contribution in [-0.4, -0.2) is 19.8 Å². The van der Waals surface area contributed by atoms with Crippen molar-refractivity contribution >= 4 is 27.3 Å². The average molecular weight is 465 g/mol. The summed E-state index contributed by atoms with van der Waals surface area (Å²) in [4.78, 5) is 29.4. The van der Waals surface area contributed by atoms with E-state index in [1.54, 1.807) is 24.3 Å². The van der Waals surface area contributed by atoms with Crippen molar-refractivity contribution in [3.8, 4) is 33.9 Å². The molecule has 1 N–H and O–H groups in total. The number of benzene rings is 3. The molecule has 0 atom stereocenters. The number of aromatic amines is 1. The Hall–Kier alpha value is -3.85. The van der Waals surface area contributed by atoms with Crippen LogP contribution in [0.5, 0.6) is 0 Å². The summed E-state index contributed by atoms with van der Waals surface area (Å²) in [6.45, 7) is 0. The van der Waals surface area contributed by atoms with Crippen LogP contribution in [0, 0.1) is 20.2 Å². The van der Waals surface area contributed by atoms with Crippen LogP contribution < -0.4 is 0 Å². The largest absolute Gasteiger partial charge is 0.337 e. The summed E-state index contributed by atoms with van der Waals surface area (Å²) in [7, 11) is 0. The van der Waals surface area contributed by atoms with Gasteiger partial charge < -0.3 is 4.98 Å². The first-order valence-corrected chi connectivity index (χ1v) is 9.58. The molecule has 0 bridgehead atoms. The van der Waals surface area contributed by atoms with Gasteiger partial charge in [-0.15, -0.1) is 0 Å². The third kappa shape index (κ3) is 3.70. The van der Waals surface area contributed by atoms with E-state index in [-0.39, 0.29) is 11.4 Å². The summed E-state index contributed by atoms with van der Waals surface area (Å²) in [5.41, 5.74) is 2.99. The lowest BCUT2D eigenvalue weighted by Gasteiger charge is -2.03. The average Bonchev–Trinajstić information content (AvgIpc) is 3.20. The summed E-state index contributed by atoms with van der Waals surface area (Å²) in [6, 6.07) is 20.3. The standard InChI is InChI=1S/C21H13BrN4O4/c22-17-10-9-15(12-18(17)26(29)30)21-23-19(13-5-2-1-3-6-13)20(24-21)14-7-4-8-16(11-14)25(27)28/h1-12H,(H,23,24). The third-order valence-electron chi connectivity index (χ3n) is 4.51. The van der Waals surface area contributed by atoms with Gasteiger partial charge in [0.1, 0.15) is 5.82 Å². The number of imidazole rings is 1. The van der Waals surface area contributed by atoms with E-state index in [1.807, 2.05) is 30.3 Å². The molecular formula is C21H13BrN4O4. The van der Waals surface area contributed by atoms with Gasteiger partial charge in [-0.2, -0.15) is 0 Å². The van der Waals surface area contributed by atoms with Crippen molar-refractivity contribution in [3.05, 3.63) is 97.5 Å². The fraction of sp³-hybridized carbons (Fsp3) is 0. The minimum absolute atomic E-state index is 0.0460. The Kier molecular flexibility index (Phi) is 5.11. The van der Waals surface area contributed by atoms with Crippen LogP contribution in [0.2, 0.25) is 0 Å². The fourth-order valence-corrected chi connectivity index (χ4v) is 3.49. The summed E-state index contributed by atoms with van der Waals surface area (Å²) in [5, 5.41) is 22.5. The maximum Gasteiger partial charge on any atom is 0.284 e. The predicted molar refractivity (Wildman–Crippen MR) is 116 cm³/mol. The van der Waals surface area contributed by atoms with Crippen LogP contribution in [0.4, 0.5) is 11.4 Å². The van der Waals surface area contributed by atoms with Crippen molar-refractivity contribution in [2.24, 2.45) is 0 Å². The molecular weight excluding hydrogens is 452 g/mol. The van der Waals surface area contributed by atoms with Gasteiger partial charge in [-0.25, -0.2) is 4.98 Å². The molecule has 0 saturated carbocycles. The number of non-ortho nitro benzene ring substituents is 1. The highest BCUT2D eigenvalue weighted by Gasteiger charge is 2.19. The van der Waals surface area contributed by atoms with E-state index in [4.69, 9.17) is 0 Å². The Morgan fingerprint density at radius 3 is 2.23 bits per heavy atom. The second kappa shape index (κ2) is 7.88. The van der Waals surface area contributed by atoms with Crippen LogP contribution >= 0.6 is 15.9 Å². The molecule has 30 heavy (non-hydrogen) atoms. The summed E-state index contributed by atoms with van der Waals surface area (Å²) >= 11 is 3.18. The van der Waals surface area contributed by atoms with Crippen molar-refractivity contribution in [1.29, 1.82) is 0 Å². The Balaban J connectivity index is 1.92. The lowest BCUT2D eigenvalue weighted by Crippen LogP contribution is -1.91. The molecule has 0 unspecified atom stereocenters. The number of aromatic nitrogens is 2. The fourth-order valence-electron chi connectivity index (χ4n) is 3.10. The second-order valence-electron chi connectivity index (χ2n) is 6.41. The van der Waals surface area contributed by atoms with E-state index in [1.165, 1.54) is 18.2 Å². The van der Waals surface area contributed by atoms with Crippen molar-refractivity contribution in [1.82, 2.24) is 9.97 Å². The molecule has 0 fully saturated rings. The Morgan fingerprint density at radius 1 is 0.800 bits per heavy atom. The van der Waals surface area contributed by atoms with E-state index < -0.39 is 9.85 Å². The van der Waals surface area contributed by atoms with Gasteiger partial charge in [0.15, 0.2) is 0 Å². The molecule has 0 spiro atoms. The van der Waals surface area contributed by atoms with E-state index in [2.05, 4.69) is 25.9 Å². The smallest absolute Gasteiger partial charge is 0.284 e. The molecule has 1 aromatic heterocycles. The van der Waals surface area contributed by atoms with Crippen LogP contribution in [0.25, 0.3) is 33.9 Å². The number of nitro groups is 2. The zero-order valence-corrected chi connectivity index (χ0v) is 16.9. The molecule has 1 heterocycles. The lowest BCUT2D eigenvalue weighted by molar-refractivity contribution is -0.385. The van der Waals surface area contributed by atoms with Crippen molar-refractivity contribution in [2.45, 2.75) is 0 Å². The number of H-pyrrole nitrogens is 1. The first kappa shape index (κ1) is 19.5. The van der Waals surface area contributed by atoms with Gasteiger partial charge in [0.05, 0.1) is 25.7 Å². The first-order chi connectivity index (χ1) is 14.4. The Labute approximate surface area is 178 Å². The Bertz CT molecular complexity index is 1270. The van der Waals surface area contributed by atoms with Gasteiger partial charge in [0.2, 0.25) is 0 Å². The molecule has 0 aliphatic rings. The highest BCUT2D eigenvalue weighted by Crippen LogP contribution is 2.36. The van der Waals surface area contributed by atoms with Gasteiger partial charge in [0.25, 0.3) is 11.4 Å². The number of hydrogen-bond acceptors (Lipinski definition) is 5. The van der Waals surface area contributed by atoms with E-state index in [9.17, 15) is 20.2 Å². The number of nitrogens with one attached hydrogen (secondary N) is 1. The molecule has 0 amide bonds.